The van der Waals surface area contributed by atoms with Crippen LogP contribution < -0.4 is 5.73 Å². The minimum atomic E-state index is -0.461. The number of carbonyl (C=O) groups excluding carboxylic acids is 1. The molecule has 0 bridgehead atoms. The van der Waals surface area contributed by atoms with Gasteiger partial charge in [0.15, 0.2) is 0 Å². The molecule has 0 spiro atoms. The SMILES string of the molecule is CC(C)(C)OC(=O)N1CCCC(C2(N)CC(O)C2)C1. The van der Waals surface area contributed by atoms with Crippen molar-refractivity contribution in [2.75, 3.05) is 13.1 Å². The van der Waals surface area contributed by atoms with Crippen molar-refractivity contribution in [3.63, 3.8) is 0 Å². The molecule has 1 aliphatic heterocycles. The van der Waals surface area contributed by atoms with Crippen LogP contribution in [0.3, 0.4) is 0 Å². The predicted molar refractivity (Wildman–Crippen MR) is 72.7 cm³/mol. The number of hydrogen-bond donors (Lipinski definition) is 2. The quantitative estimate of drug-likeness (QED) is 0.757. The van der Waals surface area contributed by atoms with Crippen molar-refractivity contribution in [3.05, 3.63) is 0 Å². The van der Waals surface area contributed by atoms with E-state index in [9.17, 15) is 9.90 Å². The first-order valence-electron chi connectivity index (χ1n) is 7.14. The van der Waals surface area contributed by atoms with E-state index < -0.39 is 5.60 Å². The number of aliphatic hydroxyl groups is 1. The lowest BCUT2D eigenvalue weighted by atomic mass is 9.65. The average molecular weight is 270 g/mol. The highest BCUT2D eigenvalue weighted by Crippen LogP contribution is 2.40. The number of ether oxygens (including phenoxy) is 1. The third kappa shape index (κ3) is 3.39. The van der Waals surface area contributed by atoms with E-state index in [1.807, 2.05) is 20.8 Å². The summed E-state index contributed by atoms with van der Waals surface area (Å²) in [5.74, 6) is 0.275. The molecular weight excluding hydrogens is 244 g/mol. The van der Waals surface area contributed by atoms with Gasteiger partial charge in [0.05, 0.1) is 6.10 Å². The summed E-state index contributed by atoms with van der Waals surface area (Å²) >= 11 is 0. The number of carbonyl (C=O) groups is 1. The number of nitrogens with two attached hydrogens (primary N) is 1. The lowest BCUT2D eigenvalue weighted by molar-refractivity contribution is -0.0341. The van der Waals surface area contributed by atoms with E-state index in [4.69, 9.17) is 10.5 Å². The van der Waals surface area contributed by atoms with Gasteiger partial charge in [-0.05, 0) is 52.4 Å². The zero-order chi connectivity index (χ0) is 14.3. The molecule has 110 valence electrons. The fourth-order valence-corrected chi connectivity index (χ4v) is 3.09. The van der Waals surface area contributed by atoms with Crippen molar-refractivity contribution >= 4 is 6.09 Å². The number of aliphatic hydroxyl groups excluding tert-OH is 1. The number of hydrogen-bond acceptors (Lipinski definition) is 4. The summed E-state index contributed by atoms with van der Waals surface area (Å²) in [5.41, 5.74) is 5.57. The Bertz CT molecular complexity index is 345. The maximum absolute atomic E-state index is 12.1. The van der Waals surface area contributed by atoms with E-state index in [0.717, 1.165) is 19.4 Å². The molecule has 2 aliphatic rings. The lowest BCUT2D eigenvalue weighted by Gasteiger charge is -2.50. The van der Waals surface area contributed by atoms with Gasteiger partial charge >= 0.3 is 6.09 Å². The number of piperidine rings is 1. The topological polar surface area (TPSA) is 75.8 Å². The molecule has 1 unspecified atom stereocenters. The maximum Gasteiger partial charge on any atom is 0.410 e. The molecule has 0 aromatic heterocycles. The molecule has 0 aromatic carbocycles. The molecule has 1 saturated heterocycles. The Hall–Kier alpha value is -0.810. The summed E-state index contributed by atoms with van der Waals surface area (Å²) < 4.78 is 5.41. The fraction of sp³-hybridized carbons (Fsp3) is 0.929. The van der Waals surface area contributed by atoms with E-state index >= 15 is 0 Å². The highest BCUT2D eigenvalue weighted by molar-refractivity contribution is 5.68. The molecule has 0 aromatic rings. The zero-order valence-electron chi connectivity index (χ0n) is 12.2. The average Bonchev–Trinajstić information content (AvgIpc) is 2.25. The number of rotatable bonds is 1. The Morgan fingerprint density at radius 1 is 1.42 bits per heavy atom. The third-order valence-electron chi connectivity index (χ3n) is 4.12. The van der Waals surface area contributed by atoms with Crippen LogP contribution in [-0.2, 0) is 4.74 Å². The van der Waals surface area contributed by atoms with Gasteiger partial charge in [-0.25, -0.2) is 4.79 Å². The maximum atomic E-state index is 12.1. The number of likely N-dealkylation sites (tertiary alicyclic amines) is 1. The Labute approximate surface area is 115 Å². The summed E-state index contributed by atoms with van der Waals surface area (Å²) in [4.78, 5) is 13.8. The number of amides is 1. The summed E-state index contributed by atoms with van der Waals surface area (Å²) in [6.45, 7) is 7.01. The van der Waals surface area contributed by atoms with Crippen molar-refractivity contribution in [1.29, 1.82) is 0 Å². The molecule has 1 aliphatic carbocycles. The molecule has 3 N–H and O–H groups in total. The molecule has 1 atom stereocenters. The van der Waals surface area contributed by atoms with E-state index in [2.05, 4.69) is 0 Å². The van der Waals surface area contributed by atoms with E-state index in [1.165, 1.54) is 0 Å². The van der Waals surface area contributed by atoms with Gasteiger partial charge in [-0.1, -0.05) is 0 Å². The molecule has 1 heterocycles. The first-order valence-corrected chi connectivity index (χ1v) is 7.14. The van der Waals surface area contributed by atoms with Gasteiger partial charge in [0.2, 0.25) is 0 Å². The monoisotopic (exact) mass is 270 g/mol. The minimum absolute atomic E-state index is 0.249. The second kappa shape index (κ2) is 4.94. The van der Waals surface area contributed by atoms with Crippen LogP contribution in [0.15, 0.2) is 0 Å². The van der Waals surface area contributed by atoms with E-state index in [-0.39, 0.29) is 23.7 Å². The largest absolute Gasteiger partial charge is 0.444 e. The van der Waals surface area contributed by atoms with Crippen molar-refractivity contribution in [1.82, 2.24) is 4.90 Å². The smallest absolute Gasteiger partial charge is 0.410 e. The first-order chi connectivity index (χ1) is 8.70. The molecule has 1 amide bonds. The summed E-state index contributed by atoms with van der Waals surface area (Å²) in [7, 11) is 0. The molecule has 0 radical (unpaired) electrons. The third-order valence-corrected chi connectivity index (χ3v) is 4.12. The Morgan fingerprint density at radius 3 is 2.58 bits per heavy atom. The lowest BCUT2D eigenvalue weighted by Crippen LogP contribution is -2.63. The molecule has 1 saturated carbocycles. The summed E-state index contributed by atoms with van der Waals surface area (Å²) in [5, 5.41) is 9.46. The Kier molecular flexibility index (Phi) is 3.80. The minimum Gasteiger partial charge on any atom is -0.444 e. The second-order valence-electron chi connectivity index (χ2n) is 7.06. The van der Waals surface area contributed by atoms with Crippen LogP contribution in [-0.4, -0.2) is 46.4 Å². The predicted octanol–water partition coefficient (Wildman–Crippen LogP) is 1.49. The zero-order valence-corrected chi connectivity index (χ0v) is 12.2. The van der Waals surface area contributed by atoms with Crippen LogP contribution in [0, 0.1) is 5.92 Å². The van der Waals surface area contributed by atoms with Crippen LogP contribution in [0.4, 0.5) is 4.79 Å². The standard InChI is InChI=1S/C14H26N2O3/c1-13(2,3)19-12(18)16-6-4-5-10(9-16)14(15)7-11(17)8-14/h10-11,17H,4-9,15H2,1-3H3. The van der Waals surface area contributed by atoms with Crippen LogP contribution in [0.2, 0.25) is 0 Å². The summed E-state index contributed by atoms with van der Waals surface area (Å²) in [6, 6.07) is 0. The fourth-order valence-electron chi connectivity index (χ4n) is 3.09. The second-order valence-corrected chi connectivity index (χ2v) is 7.06. The van der Waals surface area contributed by atoms with Gasteiger partial charge < -0.3 is 20.5 Å². The molecule has 5 heteroatoms. The van der Waals surface area contributed by atoms with Crippen LogP contribution in [0.5, 0.6) is 0 Å². The molecule has 19 heavy (non-hydrogen) atoms. The Morgan fingerprint density at radius 2 is 2.05 bits per heavy atom. The Balaban J connectivity index is 1.92. The van der Waals surface area contributed by atoms with Gasteiger partial charge in [-0.2, -0.15) is 0 Å². The molecule has 2 rings (SSSR count). The first kappa shape index (κ1) is 14.6. The van der Waals surface area contributed by atoms with Gasteiger partial charge in [0.1, 0.15) is 5.60 Å². The van der Waals surface area contributed by atoms with Crippen LogP contribution in [0.1, 0.15) is 46.5 Å². The van der Waals surface area contributed by atoms with Crippen LogP contribution >= 0.6 is 0 Å². The normalized spacial score (nSPS) is 35.7. The molecule has 2 fully saturated rings. The number of nitrogens with zero attached hydrogens (tertiary/aromatic N) is 1. The van der Waals surface area contributed by atoms with Gasteiger partial charge in [0, 0.05) is 18.6 Å². The highest BCUT2D eigenvalue weighted by Gasteiger charge is 2.47. The highest BCUT2D eigenvalue weighted by atomic mass is 16.6. The van der Waals surface area contributed by atoms with Gasteiger partial charge in [-0.15, -0.1) is 0 Å². The van der Waals surface area contributed by atoms with Crippen molar-refractivity contribution in [2.45, 2.75) is 63.7 Å². The van der Waals surface area contributed by atoms with Gasteiger partial charge in [-0.3, -0.25) is 0 Å². The van der Waals surface area contributed by atoms with Crippen molar-refractivity contribution < 1.29 is 14.6 Å². The van der Waals surface area contributed by atoms with Crippen LogP contribution in [0.25, 0.3) is 0 Å². The molecule has 5 nitrogen and oxygen atoms in total. The van der Waals surface area contributed by atoms with E-state index in [0.29, 0.717) is 19.4 Å². The summed E-state index contributed by atoms with van der Waals surface area (Å²) in [6.07, 6.45) is 2.78. The van der Waals surface area contributed by atoms with Crippen molar-refractivity contribution in [2.24, 2.45) is 11.7 Å². The van der Waals surface area contributed by atoms with Gasteiger partial charge in [0.25, 0.3) is 0 Å². The molecular formula is C14H26N2O3. The van der Waals surface area contributed by atoms with Crippen molar-refractivity contribution in [3.8, 4) is 0 Å². The van der Waals surface area contributed by atoms with E-state index in [1.54, 1.807) is 4.90 Å².